The Morgan fingerprint density at radius 2 is 1.67 bits per heavy atom. The molecule has 1 aromatic rings. The number of hydrogen-bond donors (Lipinski definition) is 1. The average molecular weight is 422 g/mol. The molecule has 9 heteroatoms. The second kappa shape index (κ2) is 10.9. The largest absolute Gasteiger partial charge is 0.493 e. The van der Waals surface area contributed by atoms with Crippen LogP contribution in [0.4, 0.5) is 5.69 Å². The summed E-state index contributed by atoms with van der Waals surface area (Å²) in [5, 5.41) is 15.1. The van der Waals surface area contributed by atoms with Crippen molar-refractivity contribution in [1.29, 1.82) is 0 Å². The lowest BCUT2D eigenvalue weighted by Crippen LogP contribution is -2.46. The maximum Gasteiger partial charge on any atom is 0.278 e. The highest BCUT2D eigenvalue weighted by Gasteiger charge is 2.36. The summed E-state index contributed by atoms with van der Waals surface area (Å²) < 4.78 is 10.7. The van der Waals surface area contributed by atoms with Crippen LogP contribution in [-0.4, -0.2) is 50.2 Å². The molecule has 3 rings (SSSR count). The van der Waals surface area contributed by atoms with Crippen LogP contribution in [0.2, 0.25) is 0 Å². The summed E-state index contributed by atoms with van der Waals surface area (Å²) in [4.78, 5) is 13.9. The summed E-state index contributed by atoms with van der Waals surface area (Å²) in [6.45, 7) is 3.66. The fourth-order valence-electron chi connectivity index (χ4n) is 4.26. The van der Waals surface area contributed by atoms with Crippen LogP contribution in [0.1, 0.15) is 37.3 Å². The third-order valence-electron chi connectivity index (χ3n) is 5.44. The number of nitro benzene ring substituents is 1. The van der Waals surface area contributed by atoms with Gasteiger partial charge in [-0.3, -0.25) is 15.0 Å². The van der Waals surface area contributed by atoms with Gasteiger partial charge in [0.15, 0.2) is 11.5 Å². The maximum atomic E-state index is 11.8. The van der Waals surface area contributed by atoms with Crippen LogP contribution in [0.3, 0.4) is 0 Å². The Morgan fingerprint density at radius 1 is 1.11 bits per heavy atom. The van der Waals surface area contributed by atoms with E-state index in [1.54, 1.807) is 7.11 Å². The van der Waals surface area contributed by atoms with Gasteiger partial charge in [-0.05, 0) is 24.8 Å². The van der Waals surface area contributed by atoms with Crippen molar-refractivity contribution < 1.29 is 14.4 Å². The Balaban J connectivity index is 0.00000182. The Morgan fingerprint density at radius 3 is 2.19 bits per heavy atom. The molecular formula is C18H29Cl2N3O4. The van der Waals surface area contributed by atoms with Crippen molar-refractivity contribution in [3.05, 3.63) is 27.8 Å². The lowest BCUT2D eigenvalue weighted by atomic mass is 9.88. The molecule has 0 aromatic heterocycles. The number of rotatable bonds is 6. The first kappa shape index (κ1) is 23.8. The van der Waals surface area contributed by atoms with Crippen molar-refractivity contribution in [2.45, 2.75) is 31.7 Å². The van der Waals surface area contributed by atoms with Gasteiger partial charge in [0.05, 0.1) is 30.8 Å². The molecule has 1 aliphatic carbocycles. The molecule has 0 bridgehead atoms. The van der Waals surface area contributed by atoms with Crippen LogP contribution in [-0.2, 0) is 0 Å². The minimum absolute atomic E-state index is 0. The molecule has 1 aliphatic heterocycles. The molecule has 154 valence electrons. The van der Waals surface area contributed by atoms with E-state index in [9.17, 15) is 10.1 Å². The first-order valence-corrected chi connectivity index (χ1v) is 9.00. The highest BCUT2D eigenvalue weighted by atomic mass is 35.5. The summed E-state index contributed by atoms with van der Waals surface area (Å²) in [6, 6.07) is 3.39. The minimum Gasteiger partial charge on any atom is -0.493 e. The van der Waals surface area contributed by atoms with E-state index >= 15 is 0 Å². The molecule has 1 saturated carbocycles. The zero-order valence-electron chi connectivity index (χ0n) is 15.8. The molecule has 1 atom stereocenters. The fourth-order valence-corrected chi connectivity index (χ4v) is 4.26. The zero-order chi connectivity index (χ0) is 17.8. The molecule has 2 fully saturated rings. The molecule has 27 heavy (non-hydrogen) atoms. The normalized spacial score (nSPS) is 18.9. The lowest BCUT2D eigenvalue weighted by molar-refractivity contribution is -0.386. The number of halogens is 2. The number of benzene rings is 1. The van der Waals surface area contributed by atoms with Crippen molar-refractivity contribution in [1.82, 2.24) is 10.2 Å². The Kier molecular flexibility index (Phi) is 9.59. The van der Waals surface area contributed by atoms with Gasteiger partial charge in [-0.25, -0.2) is 0 Å². The van der Waals surface area contributed by atoms with Crippen LogP contribution >= 0.6 is 24.8 Å². The summed E-state index contributed by atoms with van der Waals surface area (Å²) in [5.74, 6) is 1.42. The van der Waals surface area contributed by atoms with Gasteiger partial charge in [0.2, 0.25) is 0 Å². The van der Waals surface area contributed by atoms with E-state index in [1.165, 1.54) is 26.0 Å². The van der Waals surface area contributed by atoms with Crippen molar-refractivity contribution in [2.75, 3.05) is 40.4 Å². The summed E-state index contributed by atoms with van der Waals surface area (Å²) in [7, 11) is 3.08. The molecule has 2 aliphatic rings. The second-order valence-corrected chi connectivity index (χ2v) is 6.80. The third-order valence-corrected chi connectivity index (χ3v) is 5.44. The lowest BCUT2D eigenvalue weighted by Gasteiger charge is -2.38. The van der Waals surface area contributed by atoms with Crippen LogP contribution in [0, 0.1) is 16.0 Å². The SMILES string of the molecule is COc1cc([C@@H](C2CCCC2)N2CCNCC2)c([N+](=O)[O-])cc1OC.Cl.Cl. The quantitative estimate of drug-likeness (QED) is 0.558. The van der Waals surface area contributed by atoms with Gasteiger partial charge >= 0.3 is 0 Å². The monoisotopic (exact) mass is 421 g/mol. The topological polar surface area (TPSA) is 76.9 Å². The van der Waals surface area contributed by atoms with E-state index in [-0.39, 0.29) is 41.5 Å². The molecule has 1 N–H and O–H groups in total. The number of hydrogen-bond acceptors (Lipinski definition) is 6. The second-order valence-electron chi connectivity index (χ2n) is 6.80. The first-order valence-electron chi connectivity index (χ1n) is 9.00. The standard InChI is InChI=1S/C18H27N3O4.2ClH/c1-24-16-11-14(15(21(22)23)12-17(16)25-2)18(13-5-3-4-6-13)20-9-7-19-8-10-20;;/h11-13,18-19H,3-10H2,1-2H3;2*1H/t18-;;/m1../s1. The number of piperazine rings is 1. The summed E-state index contributed by atoms with van der Waals surface area (Å²) >= 11 is 0. The molecule has 7 nitrogen and oxygen atoms in total. The number of ether oxygens (including phenoxy) is 2. The fraction of sp³-hybridized carbons (Fsp3) is 0.667. The number of methoxy groups -OCH3 is 2. The number of nitro groups is 1. The van der Waals surface area contributed by atoms with Crippen LogP contribution in [0.15, 0.2) is 12.1 Å². The highest BCUT2D eigenvalue weighted by Crippen LogP contribution is 2.45. The van der Waals surface area contributed by atoms with E-state index in [0.29, 0.717) is 17.4 Å². The third kappa shape index (κ3) is 5.16. The predicted octanol–water partition coefficient (Wildman–Crippen LogP) is 3.59. The molecule has 0 amide bonds. The van der Waals surface area contributed by atoms with Gasteiger partial charge in [0, 0.05) is 32.2 Å². The zero-order valence-corrected chi connectivity index (χ0v) is 17.4. The summed E-state index contributed by atoms with van der Waals surface area (Å²) in [6.07, 6.45) is 4.66. The van der Waals surface area contributed by atoms with Gasteiger partial charge < -0.3 is 14.8 Å². The number of nitrogens with one attached hydrogen (secondary N) is 1. The molecule has 1 heterocycles. The van der Waals surface area contributed by atoms with Crippen LogP contribution in [0.5, 0.6) is 11.5 Å². The van der Waals surface area contributed by atoms with Crippen molar-refractivity contribution in [3.8, 4) is 11.5 Å². The van der Waals surface area contributed by atoms with E-state index in [2.05, 4.69) is 10.2 Å². The maximum absolute atomic E-state index is 11.8. The average Bonchev–Trinajstić information content (AvgIpc) is 3.16. The van der Waals surface area contributed by atoms with Crippen molar-refractivity contribution >= 4 is 30.5 Å². The molecule has 0 spiro atoms. The van der Waals surface area contributed by atoms with E-state index < -0.39 is 0 Å². The predicted molar refractivity (Wildman–Crippen MR) is 110 cm³/mol. The highest BCUT2D eigenvalue weighted by molar-refractivity contribution is 5.85. The van der Waals surface area contributed by atoms with Gasteiger partial charge in [-0.15, -0.1) is 24.8 Å². The van der Waals surface area contributed by atoms with E-state index in [4.69, 9.17) is 9.47 Å². The Hall–Kier alpha value is -1.28. The smallest absolute Gasteiger partial charge is 0.278 e. The molecular weight excluding hydrogens is 393 g/mol. The summed E-state index contributed by atoms with van der Waals surface area (Å²) in [5.41, 5.74) is 0.893. The van der Waals surface area contributed by atoms with Gasteiger partial charge in [-0.1, -0.05) is 12.8 Å². The number of nitrogens with zero attached hydrogens (tertiary/aromatic N) is 2. The molecule has 0 unspecified atom stereocenters. The van der Waals surface area contributed by atoms with E-state index in [0.717, 1.165) is 44.6 Å². The Labute approximate surface area is 172 Å². The van der Waals surface area contributed by atoms with Gasteiger partial charge in [0.25, 0.3) is 5.69 Å². The molecule has 0 radical (unpaired) electrons. The van der Waals surface area contributed by atoms with Crippen molar-refractivity contribution in [2.24, 2.45) is 5.92 Å². The van der Waals surface area contributed by atoms with Crippen LogP contribution in [0.25, 0.3) is 0 Å². The Bertz CT molecular complexity index is 621. The first-order chi connectivity index (χ1) is 12.2. The van der Waals surface area contributed by atoms with Gasteiger partial charge in [-0.2, -0.15) is 0 Å². The van der Waals surface area contributed by atoms with E-state index in [1.807, 2.05) is 6.07 Å². The molecule has 1 saturated heterocycles. The van der Waals surface area contributed by atoms with Crippen LogP contribution < -0.4 is 14.8 Å². The molecule has 1 aromatic carbocycles. The van der Waals surface area contributed by atoms with Crippen molar-refractivity contribution in [3.63, 3.8) is 0 Å². The minimum atomic E-state index is -0.290. The van der Waals surface area contributed by atoms with Gasteiger partial charge in [0.1, 0.15) is 0 Å².